The van der Waals surface area contributed by atoms with Gasteiger partial charge >= 0.3 is 6.61 Å². The third kappa shape index (κ3) is 6.45. The summed E-state index contributed by atoms with van der Waals surface area (Å²) in [4.78, 5) is 13.5. The van der Waals surface area contributed by atoms with Gasteiger partial charge in [0.2, 0.25) is 0 Å². The van der Waals surface area contributed by atoms with Crippen molar-refractivity contribution in [2.75, 3.05) is 13.7 Å². The third-order valence-corrected chi connectivity index (χ3v) is 5.42. The number of carbonyl (C=O) groups is 1. The normalized spacial score (nSPS) is 10.9. The quantitative estimate of drug-likeness (QED) is 0.447. The fraction of sp³-hybridized carbons (Fsp3) is 0.273. The summed E-state index contributed by atoms with van der Waals surface area (Å²) >= 11 is 1.49. The summed E-state index contributed by atoms with van der Waals surface area (Å²) in [7, 11) is 1.38. The van der Waals surface area contributed by atoms with E-state index in [1.165, 1.54) is 24.9 Å². The van der Waals surface area contributed by atoms with Gasteiger partial charge in [-0.2, -0.15) is 8.78 Å². The van der Waals surface area contributed by atoms with Crippen LogP contribution in [-0.2, 0) is 12.2 Å². The first-order valence-electron chi connectivity index (χ1n) is 9.50. The zero-order valence-electron chi connectivity index (χ0n) is 17.1. The van der Waals surface area contributed by atoms with Crippen LogP contribution in [0.25, 0.3) is 0 Å². The third-order valence-electron chi connectivity index (χ3n) is 4.32. The molecule has 1 N–H and O–H groups in total. The Hall–Kier alpha value is -3.07. The first-order chi connectivity index (χ1) is 15.0. The van der Waals surface area contributed by atoms with Crippen LogP contribution in [0.15, 0.2) is 57.9 Å². The molecular formula is C22H22F2N2O4S. The van der Waals surface area contributed by atoms with Crippen LogP contribution in [0.3, 0.4) is 0 Å². The van der Waals surface area contributed by atoms with Crippen molar-refractivity contribution in [3.8, 4) is 11.5 Å². The van der Waals surface area contributed by atoms with Gasteiger partial charge in [-0.3, -0.25) is 4.79 Å². The lowest BCUT2D eigenvalue weighted by Gasteiger charge is -2.12. The average Bonchev–Trinajstić information content (AvgIpc) is 3.17. The van der Waals surface area contributed by atoms with Gasteiger partial charge in [0.15, 0.2) is 11.5 Å². The number of ether oxygens (including phenoxy) is 2. The van der Waals surface area contributed by atoms with Crippen LogP contribution < -0.4 is 14.8 Å². The van der Waals surface area contributed by atoms with Gasteiger partial charge < -0.3 is 19.3 Å². The van der Waals surface area contributed by atoms with E-state index in [2.05, 4.69) is 15.2 Å². The van der Waals surface area contributed by atoms with E-state index < -0.39 is 6.61 Å². The number of aromatic nitrogens is 1. The summed E-state index contributed by atoms with van der Waals surface area (Å²) in [6, 6.07) is 13.9. The molecule has 1 amide bonds. The molecule has 0 unspecified atom stereocenters. The topological polar surface area (TPSA) is 73.6 Å². The Morgan fingerprint density at radius 1 is 1.19 bits per heavy atom. The van der Waals surface area contributed by atoms with E-state index in [-0.39, 0.29) is 17.4 Å². The van der Waals surface area contributed by atoms with E-state index in [4.69, 9.17) is 9.26 Å². The van der Waals surface area contributed by atoms with Crippen molar-refractivity contribution >= 4 is 17.7 Å². The van der Waals surface area contributed by atoms with E-state index in [0.717, 1.165) is 21.9 Å². The predicted octanol–water partition coefficient (Wildman–Crippen LogP) is 4.86. The molecule has 1 heterocycles. The molecule has 0 atom stereocenters. The summed E-state index contributed by atoms with van der Waals surface area (Å²) in [5.41, 5.74) is 2.10. The minimum atomic E-state index is -2.95. The van der Waals surface area contributed by atoms with Gasteiger partial charge in [0.05, 0.1) is 24.1 Å². The molecule has 6 nitrogen and oxygen atoms in total. The standard InChI is InChI=1S/C22H22F2N2O4S/c1-14-11-16(30-26-14)13-31-20-6-4-3-5-17(20)21(27)25-10-9-15-7-8-18(28-2)19(12-15)29-22(23)24/h3-8,11-12,22H,9-10,13H2,1-2H3,(H,25,27). The molecule has 164 valence electrons. The second kappa shape index (κ2) is 10.8. The molecule has 0 aliphatic rings. The smallest absolute Gasteiger partial charge is 0.387 e. The number of thioether (sulfide) groups is 1. The summed E-state index contributed by atoms with van der Waals surface area (Å²) in [6.45, 7) is -0.761. The molecule has 0 fully saturated rings. The molecule has 2 aromatic carbocycles. The van der Waals surface area contributed by atoms with Crippen molar-refractivity contribution in [2.45, 2.75) is 30.6 Å². The molecular weight excluding hydrogens is 426 g/mol. The number of nitrogens with one attached hydrogen (secondary N) is 1. The monoisotopic (exact) mass is 448 g/mol. The molecule has 0 spiro atoms. The summed E-state index contributed by atoms with van der Waals surface area (Å²) in [5, 5.41) is 6.73. The number of hydrogen-bond donors (Lipinski definition) is 1. The van der Waals surface area contributed by atoms with Crippen LogP contribution in [0.4, 0.5) is 8.78 Å². The van der Waals surface area contributed by atoms with Crippen molar-refractivity contribution in [1.82, 2.24) is 10.5 Å². The number of benzene rings is 2. The SMILES string of the molecule is COc1ccc(CCNC(=O)c2ccccc2SCc2cc(C)no2)cc1OC(F)F. The summed E-state index contributed by atoms with van der Waals surface area (Å²) in [5.74, 6) is 1.27. The highest BCUT2D eigenvalue weighted by Gasteiger charge is 2.14. The van der Waals surface area contributed by atoms with Crippen molar-refractivity contribution in [3.63, 3.8) is 0 Å². The fourth-order valence-electron chi connectivity index (χ4n) is 2.89. The highest BCUT2D eigenvalue weighted by Crippen LogP contribution is 2.30. The maximum Gasteiger partial charge on any atom is 0.387 e. The Morgan fingerprint density at radius 3 is 2.71 bits per heavy atom. The van der Waals surface area contributed by atoms with Crippen molar-refractivity contribution in [2.24, 2.45) is 0 Å². The van der Waals surface area contributed by atoms with Crippen molar-refractivity contribution < 1.29 is 27.6 Å². The van der Waals surface area contributed by atoms with Crippen molar-refractivity contribution in [1.29, 1.82) is 0 Å². The second-order valence-corrected chi connectivity index (χ2v) is 7.61. The number of aryl methyl sites for hydroxylation is 1. The number of methoxy groups -OCH3 is 1. The maximum atomic E-state index is 12.7. The molecule has 0 aliphatic carbocycles. The lowest BCUT2D eigenvalue weighted by Crippen LogP contribution is -2.26. The fourth-order valence-corrected chi connectivity index (χ4v) is 3.82. The lowest BCUT2D eigenvalue weighted by atomic mass is 10.1. The Bertz CT molecular complexity index is 1030. The molecule has 3 aromatic rings. The van der Waals surface area contributed by atoms with E-state index in [9.17, 15) is 13.6 Å². The van der Waals surface area contributed by atoms with E-state index in [1.54, 1.807) is 24.3 Å². The van der Waals surface area contributed by atoms with E-state index in [1.807, 2.05) is 25.1 Å². The first kappa shape index (κ1) is 22.6. The van der Waals surface area contributed by atoms with E-state index >= 15 is 0 Å². The largest absolute Gasteiger partial charge is 0.493 e. The number of hydrogen-bond acceptors (Lipinski definition) is 6. The van der Waals surface area contributed by atoms with Crippen LogP contribution in [0, 0.1) is 6.92 Å². The van der Waals surface area contributed by atoms with Crippen molar-refractivity contribution in [3.05, 3.63) is 71.1 Å². The number of nitrogens with zero attached hydrogens (tertiary/aromatic N) is 1. The maximum absolute atomic E-state index is 12.7. The number of rotatable bonds is 10. The van der Waals surface area contributed by atoms with Gasteiger partial charge in [-0.25, -0.2) is 0 Å². The summed E-state index contributed by atoms with van der Waals surface area (Å²) < 4.78 is 39.9. The Labute approximate surface area is 182 Å². The van der Waals surface area contributed by atoms with E-state index in [0.29, 0.717) is 24.3 Å². The molecule has 9 heteroatoms. The zero-order valence-corrected chi connectivity index (χ0v) is 17.9. The minimum Gasteiger partial charge on any atom is -0.493 e. The lowest BCUT2D eigenvalue weighted by molar-refractivity contribution is -0.0512. The number of carbonyl (C=O) groups excluding carboxylic acids is 1. The van der Waals surface area contributed by atoms with Crippen LogP contribution in [-0.4, -0.2) is 31.3 Å². The molecule has 0 aliphatic heterocycles. The predicted molar refractivity (Wildman–Crippen MR) is 113 cm³/mol. The van der Waals surface area contributed by atoms with Crippen LogP contribution in [0.5, 0.6) is 11.5 Å². The minimum absolute atomic E-state index is 0.0364. The Balaban J connectivity index is 1.59. The van der Waals surface area contributed by atoms with Crippen LogP contribution in [0.2, 0.25) is 0 Å². The molecule has 0 bridgehead atoms. The number of halogens is 2. The molecule has 31 heavy (non-hydrogen) atoms. The molecule has 0 saturated heterocycles. The number of amides is 1. The highest BCUT2D eigenvalue weighted by atomic mass is 32.2. The second-order valence-electron chi connectivity index (χ2n) is 6.59. The van der Waals surface area contributed by atoms with Gasteiger partial charge in [0.25, 0.3) is 5.91 Å². The van der Waals surface area contributed by atoms with Gasteiger partial charge in [-0.15, -0.1) is 11.8 Å². The van der Waals surface area contributed by atoms with Crippen LogP contribution in [0.1, 0.15) is 27.4 Å². The Morgan fingerprint density at radius 2 is 2.00 bits per heavy atom. The van der Waals surface area contributed by atoms with Crippen LogP contribution >= 0.6 is 11.8 Å². The molecule has 0 radical (unpaired) electrons. The summed E-state index contributed by atoms with van der Waals surface area (Å²) in [6.07, 6.45) is 0.446. The molecule has 3 rings (SSSR count). The zero-order chi connectivity index (χ0) is 22.2. The average molecular weight is 448 g/mol. The van der Waals surface area contributed by atoms with Gasteiger partial charge in [0, 0.05) is 17.5 Å². The Kier molecular flexibility index (Phi) is 7.88. The first-order valence-corrected chi connectivity index (χ1v) is 10.5. The van der Waals surface area contributed by atoms with Gasteiger partial charge in [0.1, 0.15) is 5.76 Å². The van der Waals surface area contributed by atoms with Gasteiger partial charge in [-0.1, -0.05) is 23.4 Å². The molecule has 0 saturated carbocycles. The highest BCUT2D eigenvalue weighted by molar-refractivity contribution is 7.98. The molecule has 1 aromatic heterocycles. The number of alkyl halides is 2. The van der Waals surface area contributed by atoms with Gasteiger partial charge in [-0.05, 0) is 43.2 Å².